The lowest BCUT2D eigenvalue weighted by Gasteiger charge is -2.47. The molecule has 4 rings (SSSR count). The maximum Gasteiger partial charge on any atom is 0.252 e. The number of β-lactam (4-membered cyclic amide) rings is 1. The Kier molecular flexibility index (Phi) is 7.59. The number of amides is 2. The highest BCUT2D eigenvalue weighted by atomic mass is 28.4. The molecule has 3 aromatic carbocycles. The highest BCUT2D eigenvalue weighted by Gasteiger charge is 2.49. The van der Waals surface area contributed by atoms with Gasteiger partial charge in [-0.25, -0.2) is 4.39 Å². The normalized spacial score (nSPS) is 17.6. The molecule has 1 fully saturated rings. The van der Waals surface area contributed by atoms with Gasteiger partial charge in [-0.2, -0.15) is 0 Å². The fourth-order valence-corrected chi connectivity index (χ4v) is 7.77. The van der Waals surface area contributed by atoms with E-state index in [9.17, 15) is 14.0 Å². The maximum atomic E-state index is 13.5. The molecule has 0 bridgehead atoms. The molecule has 0 aromatic heterocycles. The number of nitrogens with zero attached hydrogens (tertiary/aromatic N) is 1. The van der Waals surface area contributed by atoms with Crippen LogP contribution in [0.2, 0.25) is 19.1 Å². The van der Waals surface area contributed by atoms with Gasteiger partial charge in [-0.1, -0.05) is 56.3 Å². The number of rotatable bonds is 9. The third kappa shape index (κ3) is 6.02. The van der Waals surface area contributed by atoms with Gasteiger partial charge >= 0.3 is 0 Å². The van der Waals surface area contributed by atoms with E-state index in [1.807, 2.05) is 54.6 Å². The Labute approximate surface area is 213 Å². The quantitative estimate of drug-likeness (QED) is 0.292. The van der Waals surface area contributed by atoms with Crippen LogP contribution in [0.5, 0.6) is 5.75 Å². The molecule has 36 heavy (non-hydrogen) atoms. The lowest BCUT2D eigenvalue weighted by molar-refractivity contribution is -0.132. The number of carbonyl (C=O) groups is 2. The van der Waals surface area contributed by atoms with Crippen LogP contribution in [0, 0.1) is 11.7 Å². The lowest BCUT2D eigenvalue weighted by Crippen LogP contribution is -2.66. The Morgan fingerprint density at radius 1 is 1.00 bits per heavy atom. The van der Waals surface area contributed by atoms with Crippen molar-refractivity contribution in [3.63, 3.8) is 0 Å². The van der Waals surface area contributed by atoms with Crippen molar-refractivity contribution in [2.45, 2.75) is 51.5 Å². The third-order valence-electron chi connectivity index (χ3n) is 6.24. The second kappa shape index (κ2) is 10.7. The minimum Gasteiger partial charge on any atom is -0.544 e. The number of nitrogens with one attached hydrogen (secondary N) is 1. The molecule has 0 aliphatic carbocycles. The van der Waals surface area contributed by atoms with E-state index in [0.717, 1.165) is 22.9 Å². The number of hydrogen-bond acceptors (Lipinski definition) is 3. The fourth-order valence-electron chi connectivity index (χ4n) is 4.94. The van der Waals surface area contributed by atoms with E-state index in [0.29, 0.717) is 11.6 Å². The van der Waals surface area contributed by atoms with Crippen LogP contribution >= 0.6 is 0 Å². The van der Waals surface area contributed by atoms with Crippen molar-refractivity contribution in [2.75, 3.05) is 4.90 Å². The zero-order chi connectivity index (χ0) is 25.9. The Morgan fingerprint density at radius 2 is 1.64 bits per heavy atom. The van der Waals surface area contributed by atoms with E-state index in [-0.39, 0.29) is 24.1 Å². The van der Waals surface area contributed by atoms with E-state index < -0.39 is 20.4 Å². The molecule has 0 saturated carbocycles. The molecule has 1 N–H and O–H groups in total. The maximum absolute atomic E-state index is 13.5. The highest BCUT2D eigenvalue weighted by molar-refractivity contribution is 6.71. The topological polar surface area (TPSA) is 58.6 Å². The number of anilines is 1. The smallest absolute Gasteiger partial charge is 0.252 e. The van der Waals surface area contributed by atoms with Crippen LogP contribution in [-0.2, 0) is 16.0 Å². The first-order chi connectivity index (χ1) is 17.1. The van der Waals surface area contributed by atoms with Gasteiger partial charge in [0.05, 0.1) is 12.5 Å². The second-order valence-corrected chi connectivity index (χ2v) is 14.5. The largest absolute Gasteiger partial charge is 0.544 e. The Hall–Kier alpha value is -3.45. The van der Waals surface area contributed by atoms with E-state index in [2.05, 4.69) is 32.3 Å². The van der Waals surface area contributed by atoms with E-state index in [4.69, 9.17) is 4.43 Å². The average molecular weight is 505 g/mol. The monoisotopic (exact) mass is 504 g/mol. The van der Waals surface area contributed by atoms with Gasteiger partial charge < -0.3 is 14.6 Å². The molecule has 2 amide bonds. The highest BCUT2D eigenvalue weighted by Crippen LogP contribution is 2.40. The zero-order valence-corrected chi connectivity index (χ0v) is 22.2. The van der Waals surface area contributed by atoms with E-state index in [1.54, 1.807) is 17.0 Å². The molecule has 7 heteroatoms. The van der Waals surface area contributed by atoms with E-state index >= 15 is 0 Å². The molecule has 5 nitrogen and oxygen atoms in total. The van der Waals surface area contributed by atoms with Crippen molar-refractivity contribution in [1.82, 2.24) is 5.32 Å². The van der Waals surface area contributed by atoms with Crippen molar-refractivity contribution in [2.24, 2.45) is 5.92 Å². The minimum atomic E-state index is -1.86. The molecule has 0 unspecified atom stereocenters. The van der Waals surface area contributed by atoms with Gasteiger partial charge in [-0.15, -0.1) is 0 Å². The van der Waals surface area contributed by atoms with Crippen molar-refractivity contribution in [3.8, 4) is 5.75 Å². The summed E-state index contributed by atoms with van der Waals surface area (Å²) >= 11 is 0. The summed E-state index contributed by atoms with van der Waals surface area (Å²) < 4.78 is 19.9. The number of carbonyl (C=O) groups excluding carboxylic acids is 2. The molecule has 1 heterocycles. The summed E-state index contributed by atoms with van der Waals surface area (Å²) in [4.78, 5) is 27.6. The number of hydrogen-bond donors (Lipinski definition) is 1. The predicted octanol–water partition coefficient (Wildman–Crippen LogP) is 5.88. The summed E-state index contributed by atoms with van der Waals surface area (Å²) in [6.07, 6.45) is 0.191. The van der Waals surface area contributed by atoms with Gasteiger partial charge in [0.25, 0.3) is 5.91 Å². The van der Waals surface area contributed by atoms with Crippen LogP contribution in [0.1, 0.15) is 31.0 Å². The summed E-state index contributed by atoms with van der Waals surface area (Å²) in [5.74, 6) is 0.561. The van der Waals surface area contributed by atoms with Gasteiger partial charge in [0, 0.05) is 5.69 Å². The van der Waals surface area contributed by atoms with E-state index in [1.165, 1.54) is 12.1 Å². The van der Waals surface area contributed by atoms with Crippen molar-refractivity contribution < 1.29 is 18.4 Å². The molecule has 1 saturated heterocycles. The fraction of sp³-hybridized carbons (Fsp3) is 0.310. The standard InChI is InChI=1S/C29H33FN2O3Si/c1-20(2)19-36(3,4)35-25-16-10-22(11-17-25)28-27(31-26(33)18-21-8-6-5-7-9-21)29(34)32(28)24-14-12-23(30)13-15-24/h5-17,20,27-28H,18-19H2,1-4H3,(H,31,33)/t27-,28-/m1/s1. The summed E-state index contributed by atoms with van der Waals surface area (Å²) in [6, 6.07) is 22.9. The van der Waals surface area contributed by atoms with Gasteiger partial charge in [-0.3, -0.25) is 9.59 Å². The van der Waals surface area contributed by atoms with Gasteiger partial charge in [0.2, 0.25) is 14.2 Å². The lowest BCUT2D eigenvalue weighted by atomic mass is 9.87. The SMILES string of the molecule is CC(C)C[Si](C)(C)Oc1ccc([C@@H]2[C@@H](NC(=O)Cc3ccccc3)C(=O)N2c2ccc(F)cc2)cc1. The predicted molar refractivity (Wildman–Crippen MR) is 143 cm³/mol. The van der Waals surface area contributed by atoms with Crippen LogP contribution in [-0.4, -0.2) is 26.2 Å². The molecule has 1 aliphatic heterocycles. The number of halogens is 1. The molecule has 1 aliphatic rings. The van der Waals surface area contributed by atoms with Gasteiger partial charge in [0.1, 0.15) is 17.6 Å². The molecular weight excluding hydrogens is 471 g/mol. The first kappa shape index (κ1) is 25.6. The minimum absolute atomic E-state index is 0.191. The van der Waals surface area contributed by atoms with Crippen LogP contribution in [0.3, 0.4) is 0 Å². The third-order valence-corrected chi connectivity index (χ3v) is 8.83. The van der Waals surface area contributed by atoms with Crippen molar-refractivity contribution in [3.05, 3.63) is 95.8 Å². The molecule has 3 aromatic rings. The summed E-state index contributed by atoms with van der Waals surface area (Å²) in [5.41, 5.74) is 2.34. The Bertz CT molecular complexity index is 1200. The Balaban J connectivity index is 1.55. The molecule has 188 valence electrons. The first-order valence-corrected chi connectivity index (χ1v) is 15.5. The summed E-state index contributed by atoms with van der Waals surface area (Å²) in [7, 11) is -1.86. The molecule has 2 atom stereocenters. The number of benzene rings is 3. The second-order valence-electron chi connectivity index (χ2n) is 10.4. The Morgan fingerprint density at radius 3 is 2.25 bits per heavy atom. The van der Waals surface area contributed by atoms with Crippen LogP contribution in [0.15, 0.2) is 78.9 Å². The first-order valence-electron chi connectivity index (χ1n) is 12.3. The van der Waals surface area contributed by atoms with Crippen LogP contribution < -0.4 is 14.6 Å². The van der Waals surface area contributed by atoms with Crippen LogP contribution in [0.4, 0.5) is 10.1 Å². The molecular formula is C29H33FN2O3Si. The van der Waals surface area contributed by atoms with Gasteiger partial charge in [-0.05, 0) is 72.6 Å². The van der Waals surface area contributed by atoms with Crippen molar-refractivity contribution in [1.29, 1.82) is 0 Å². The zero-order valence-electron chi connectivity index (χ0n) is 21.2. The average Bonchev–Trinajstić information content (AvgIpc) is 2.82. The summed E-state index contributed by atoms with van der Waals surface area (Å²) in [6.45, 7) is 8.82. The molecule has 0 spiro atoms. The van der Waals surface area contributed by atoms with Crippen molar-refractivity contribution >= 4 is 25.8 Å². The van der Waals surface area contributed by atoms with Gasteiger partial charge in [0.15, 0.2) is 0 Å². The summed E-state index contributed by atoms with van der Waals surface area (Å²) in [5, 5.41) is 2.92. The van der Waals surface area contributed by atoms with Crippen LogP contribution in [0.25, 0.3) is 0 Å². The molecule has 0 radical (unpaired) electrons.